The van der Waals surface area contributed by atoms with E-state index < -0.39 is 34.5 Å². The van der Waals surface area contributed by atoms with Crippen LogP contribution in [0.1, 0.15) is 33.1 Å². The van der Waals surface area contributed by atoms with Gasteiger partial charge in [0, 0.05) is 6.54 Å². The minimum atomic E-state index is -3.63. The number of hydrogen-bond donors (Lipinski definition) is 2. The first-order chi connectivity index (χ1) is 11.2. The summed E-state index contributed by atoms with van der Waals surface area (Å²) in [5.41, 5.74) is 0. The van der Waals surface area contributed by atoms with Crippen LogP contribution >= 0.6 is 0 Å². The number of nitrogens with one attached hydrogen (secondary N) is 1. The number of likely N-dealkylation sites (tertiary alicyclic amines) is 1. The lowest BCUT2D eigenvalue weighted by Gasteiger charge is -2.24. The molecule has 1 amide bonds. The number of fused-ring (bicyclic) bond motifs is 1. The fourth-order valence-electron chi connectivity index (χ4n) is 3.62. The molecule has 2 aliphatic rings. The highest BCUT2D eigenvalue weighted by atomic mass is 32.2. The zero-order valence-electron chi connectivity index (χ0n) is 14.1. The highest BCUT2D eigenvalue weighted by Gasteiger charge is 2.49. The molecule has 1 saturated carbocycles. The van der Waals surface area contributed by atoms with E-state index in [0.717, 1.165) is 19.3 Å². The van der Waals surface area contributed by atoms with Crippen molar-refractivity contribution in [3.8, 4) is 0 Å². The number of carboxylic acid groups (broad SMARTS) is 1. The standard InChI is InChI=1S/C15H26N2O6S/c1-10(2)23-6-7-24(21,22)16-8-13(18)17-9-11-4-3-5-12(11)14(17)15(19)20/h10-12,14,16H,3-9H2,1-2H3,(H,19,20). The average molecular weight is 362 g/mol. The number of rotatable bonds is 8. The second-order valence-electron chi connectivity index (χ2n) is 6.74. The van der Waals surface area contributed by atoms with Crippen molar-refractivity contribution in [1.29, 1.82) is 0 Å². The van der Waals surface area contributed by atoms with Gasteiger partial charge in [0.05, 0.1) is 25.0 Å². The molecule has 0 spiro atoms. The first-order valence-electron chi connectivity index (χ1n) is 8.32. The summed E-state index contributed by atoms with van der Waals surface area (Å²) in [6.45, 7) is 3.65. The van der Waals surface area contributed by atoms with Crippen LogP contribution in [0.2, 0.25) is 0 Å². The molecule has 0 aromatic rings. The van der Waals surface area contributed by atoms with Crippen LogP contribution < -0.4 is 4.72 Å². The molecule has 3 atom stereocenters. The first-order valence-corrected chi connectivity index (χ1v) is 9.97. The zero-order chi connectivity index (χ0) is 17.9. The number of nitrogens with zero attached hydrogens (tertiary/aromatic N) is 1. The Morgan fingerprint density at radius 1 is 1.33 bits per heavy atom. The van der Waals surface area contributed by atoms with E-state index in [2.05, 4.69) is 4.72 Å². The highest BCUT2D eigenvalue weighted by molar-refractivity contribution is 7.89. The van der Waals surface area contributed by atoms with E-state index in [0.29, 0.717) is 6.54 Å². The molecule has 1 aliphatic heterocycles. The SMILES string of the molecule is CC(C)OCCS(=O)(=O)NCC(=O)N1CC2CCCC2C1C(=O)O. The molecule has 24 heavy (non-hydrogen) atoms. The molecule has 1 saturated heterocycles. The Morgan fingerprint density at radius 3 is 2.67 bits per heavy atom. The second kappa shape index (κ2) is 7.79. The Morgan fingerprint density at radius 2 is 2.04 bits per heavy atom. The fraction of sp³-hybridized carbons (Fsp3) is 0.867. The van der Waals surface area contributed by atoms with Crippen LogP contribution in [-0.2, 0) is 24.3 Å². The predicted molar refractivity (Wildman–Crippen MR) is 86.8 cm³/mol. The van der Waals surface area contributed by atoms with E-state index in [-0.39, 0.29) is 30.3 Å². The van der Waals surface area contributed by atoms with E-state index in [1.165, 1.54) is 4.90 Å². The fourth-order valence-corrected chi connectivity index (χ4v) is 4.42. The van der Waals surface area contributed by atoms with Crippen molar-refractivity contribution in [2.75, 3.05) is 25.4 Å². The molecule has 9 heteroatoms. The lowest BCUT2D eigenvalue weighted by Crippen LogP contribution is -2.47. The molecule has 2 N–H and O–H groups in total. The van der Waals surface area contributed by atoms with Gasteiger partial charge in [-0.25, -0.2) is 17.9 Å². The minimum Gasteiger partial charge on any atom is -0.480 e. The number of carbonyl (C=O) groups excluding carboxylic acids is 1. The molecule has 2 rings (SSSR count). The summed E-state index contributed by atoms with van der Waals surface area (Å²) >= 11 is 0. The maximum Gasteiger partial charge on any atom is 0.326 e. The molecule has 138 valence electrons. The quantitative estimate of drug-likeness (QED) is 0.630. The monoisotopic (exact) mass is 362 g/mol. The first kappa shape index (κ1) is 19.1. The van der Waals surface area contributed by atoms with Crippen molar-refractivity contribution < 1.29 is 27.9 Å². The van der Waals surface area contributed by atoms with Crippen molar-refractivity contribution in [1.82, 2.24) is 9.62 Å². The Hall–Kier alpha value is -1.19. The zero-order valence-corrected chi connectivity index (χ0v) is 14.9. The molecular weight excluding hydrogens is 336 g/mol. The van der Waals surface area contributed by atoms with Gasteiger partial charge in [0.15, 0.2) is 0 Å². The lowest BCUT2D eigenvalue weighted by molar-refractivity contribution is -0.149. The maximum absolute atomic E-state index is 12.3. The van der Waals surface area contributed by atoms with Crippen LogP contribution in [0.25, 0.3) is 0 Å². The molecular formula is C15H26N2O6S. The van der Waals surface area contributed by atoms with Gasteiger partial charge < -0.3 is 14.7 Å². The van der Waals surface area contributed by atoms with E-state index in [1.54, 1.807) is 13.8 Å². The van der Waals surface area contributed by atoms with Gasteiger partial charge >= 0.3 is 5.97 Å². The molecule has 3 unspecified atom stereocenters. The second-order valence-corrected chi connectivity index (χ2v) is 8.67. The maximum atomic E-state index is 12.3. The van der Waals surface area contributed by atoms with E-state index in [4.69, 9.17) is 4.74 Å². The summed E-state index contributed by atoms with van der Waals surface area (Å²) in [5.74, 6) is -1.52. The number of ether oxygens (including phenoxy) is 1. The van der Waals surface area contributed by atoms with Crippen molar-refractivity contribution in [3.63, 3.8) is 0 Å². The Balaban J connectivity index is 1.88. The van der Waals surface area contributed by atoms with Crippen LogP contribution in [0, 0.1) is 11.8 Å². The van der Waals surface area contributed by atoms with Crippen molar-refractivity contribution >= 4 is 21.9 Å². The highest BCUT2D eigenvalue weighted by Crippen LogP contribution is 2.42. The summed E-state index contributed by atoms with van der Waals surface area (Å²) in [6.07, 6.45) is 2.66. The van der Waals surface area contributed by atoms with Gasteiger partial charge in [0.25, 0.3) is 0 Å². The minimum absolute atomic E-state index is 0.0116. The van der Waals surface area contributed by atoms with E-state index >= 15 is 0 Å². The molecule has 1 aliphatic carbocycles. The summed E-state index contributed by atoms with van der Waals surface area (Å²) in [7, 11) is -3.63. The normalized spacial score (nSPS) is 26.8. The number of hydrogen-bond acceptors (Lipinski definition) is 5. The topological polar surface area (TPSA) is 113 Å². The Kier molecular flexibility index (Phi) is 6.22. The van der Waals surface area contributed by atoms with Gasteiger partial charge in [0.1, 0.15) is 6.04 Å². The van der Waals surface area contributed by atoms with Gasteiger partial charge in [-0.2, -0.15) is 0 Å². The number of aliphatic carboxylic acids is 1. The molecule has 0 radical (unpaired) electrons. The molecule has 0 bridgehead atoms. The molecule has 2 fully saturated rings. The summed E-state index contributed by atoms with van der Waals surface area (Å²) in [4.78, 5) is 25.2. The van der Waals surface area contributed by atoms with Crippen LogP contribution in [-0.4, -0.2) is 67.9 Å². The third kappa shape index (κ3) is 4.67. The Bertz CT molecular complexity index is 577. The van der Waals surface area contributed by atoms with Crippen molar-refractivity contribution in [2.24, 2.45) is 11.8 Å². The molecule has 8 nitrogen and oxygen atoms in total. The summed E-state index contributed by atoms with van der Waals surface area (Å²) in [5, 5.41) is 9.43. The Labute approximate surface area is 142 Å². The average Bonchev–Trinajstić information content (AvgIpc) is 3.03. The molecule has 0 aromatic carbocycles. The lowest BCUT2D eigenvalue weighted by atomic mass is 9.94. The molecule has 0 aromatic heterocycles. The smallest absolute Gasteiger partial charge is 0.326 e. The van der Waals surface area contributed by atoms with Gasteiger partial charge in [-0.15, -0.1) is 0 Å². The largest absolute Gasteiger partial charge is 0.480 e. The van der Waals surface area contributed by atoms with Crippen LogP contribution in [0.5, 0.6) is 0 Å². The van der Waals surface area contributed by atoms with Gasteiger partial charge in [-0.1, -0.05) is 6.42 Å². The number of carbonyl (C=O) groups is 2. The van der Waals surface area contributed by atoms with E-state index in [1.807, 2.05) is 0 Å². The van der Waals surface area contributed by atoms with Gasteiger partial charge in [-0.05, 0) is 38.5 Å². The number of amides is 1. The third-order valence-corrected chi connectivity index (χ3v) is 6.00. The van der Waals surface area contributed by atoms with Crippen LogP contribution in [0.3, 0.4) is 0 Å². The number of sulfonamides is 1. The predicted octanol–water partition coefficient (Wildman–Crippen LogP) is 0.0425. The van der Waals surface area contributed by atoms with Crippen molar-refractivity contribution in [3.05, 3.63) is 0 Å². The summed E-state index contributed by atoms with van der Waals surface area (Å²) in [6, 6.07) is -0.834. The van der Waals surface area contributed by atoms with Crippen molar-refractivity contribution in [2.45, 2.75) is 45.3 Å². The number of carboxylic acids is 1. The van der Waals surface area contributed by atoms with Crippen LogP contribution in [0.4, 0.5) is 0 Å². The van der Waals surface area contributed by atoms with Gasteiger partial charge in [-0.3, -0.25) is 4.79 Å². The third-order valence-electron chi connectivity index (χ3n) is 4.71. The van der Waals surface area contributed by atoms with Gasteiger partial charge in [0.2, 0.25) is 15.9 Å². The van der Waals surface area contributed by atoms with Crippen LogP contribution in [0.15, 0.2) is 0 Å². The van der Waals surface area contributed by atoms with E-state index in [9.17, 15) is 23.1 Å². The summed E-state index contributed by atoms with van der Waals surface area (Å²) < 4.78 is 31.2. The molecule has 1 heterocycles.